The highest BCUT2D eigenvalue weighted by Gasteiger charge is 1.84. The van der Waals surface area contributed by atoms with Crippen LogP contribution in [0.15, 0.2) is 24.4 Å². The van der Waals surface area contributed by atoms with Gasteiger partial charge in [0.15, 0.2) is 0 Å². The van der Waals surface area contributed by atoms with Gasteiger partial charge in [-0.2, -0.15) is 5.12 Å². The Morgan fingerprint density at radius 2 is 2.00 bits per heavy atom. The Morgan fingerprint density at radius 3 is 2.25 bits per heavy atom. The standard InChI is InChI=1S/C6H6FN.C2H6FN/c7-5-6-3-1-2-4-8-6;1-4(2)3/h1-4H,5H2;1-2H3. The first-order valence-corrected chi connectivity index (χ1v) is 3.45. The zero-order valence-electron chi connectivity index (χ0n) is 7.17. The van der Waals surface area contributed by atoms with Gasteiger partial charge in [-0.25, -0.2) is 4.39 Å². The molecule has 0 aliphatic rings. The van der Waals surface area contributed by atoms with E-state index in [0.29, 0.717) is 10.8 Å². The number of halogens is 2. The van der Waals surface area contributed by atoms with Crippen LogP contribution in [0.2, 0.25) is 0 Å². The summed E-state index contributed by atoms with van der Waals surface area (Å²) in [5.41, 5.74) is 0.493. The molecule has 4 heteroatoms. The Morgan fingerprint density at radius 1 is 1.42 bits per heavy atom. The molecule has 0 aliphatic heterocycles. The maximum atomic E-state index is 11.7. The average molecular weight is 174 g/mol. The van der Waals surface area contributed by atoms with E-state index >= 15 is 0 Å². The van der Waals surface area contributed by atoms with Gasteiger partial charge in [-0.1, -0.05) is 6.07 Å². The number of hydrogen-bond donors (Lipinski definition) is 0. The molecule has 0 aromatic carbocycles. The lowest BCUT2D eigenvalue weighted by Crippen LogP contribution is -1.91. The van der Waals surface area contributed by atoms with E-state index in [9.17, 15) is 8.87 Å². The summed E-state index contributed by atoms with van der Waals surface area (Å²) in [6.07, 6.45) is 1.58. The molecule has 0 unspecified atom stereocenters. The molecule has 0 saturated heterocycles. The summed E-state index contributed by atoms with van der Waals surface area (Å²) in [6.45, 7) is -0.471. The number of hydrogen-bond acceptors (Lipinski definition) is 2. The summed E-state index contributed by atoms with van der Waals surface area (Å²) in [6, 6.07) is 5.18. The molecule has 1 aromatic rings. The van der Waals surface area contributed by atoms with Gasteiger partial charge in [-0.3, -0.25) is 4.98 Å². The molecule has 0 aliphatic carbocycles. The number of alkyl halides is 1. The van der Waals surface area contributed by atoms with Crippen LogP contribution in [-0.4, -0.2) is 24.2 Å². The predicted octanol–water partition coefficient (Wildman–Crippen LogP) is 1.98. The Hall–Kier alpha value is -1.03. The van der Waals surface area contributed by atoms with Crippen molar-refractivity contribution in [3.8, 4) is 0 Å². The van der Waals surface area contributed by atoms with Gasteiger partial charge in [0.2, 0.25) is 0 Å². The van der Waals surface area contributed by atoms with Crippen molar-refractivity contribution in [3.63, 3.8) is 0 Å². The molecule has 1 aromatic heterocycles. The maximum absolute atomic E-state index is 11.7. The van der Waals surface area contributed by atoms with Crippen molar-refractivity contribution in [2.24, 2.45) is 0 Å². The Labute approximate surface area is 70.8 Å². The number of pyridine rings is 1. The fraction of sp³-hybridized carbons (Fsp3) is 0.375. The lowest BCUT2D eigenvalue weighted by molar-refractivity contribution is 0.0977. The Kier molecular flexibility index (Phi) is 6.09. The molecular formula is C8H12F2N2. The molecule has 0 radical (unpaired) electrons. The highest BCUT2D eigenvalue weighted by molar-refractivity contribution is 5.01. The van der Waals surface area contributed by atoms with Gasteiger partial charge in [0.1, 0.15) is 6.67 Å². The van der Waals surface area contributed by atoms with Crippen molar-refractivity contribution >= 4 is 0 Å². The Bertz CT molecular complexity index is 187. The minimum Gasteiger partial charge on any atom is -0.259 e. The summed E-state index contributed by atoms with van der Waals surface area (Å²) in [4.78, 5) is 3.72. The van der Waals surface area contributed by atoms with Crippen LogP contribution in [0.1, 0.15) is 5.69 Å². The van der Waals surface area contributed by atoms with Crippen molar-refractivity contribution in [2.75, 3.05) is 14.1 Å². The van der Waals surface area contributed by atoms with Crippen LogP contribution in [0, 0.1) is 0 Å². The molecule has 0 fully saturated rings. The number of rotatable bonds is 1. The van der Waals surface area contributed by atoms with E-state index in [1.54, 1.807) is 24.4 Å². The van der Waals surface area contributed by atoms with Crippen LogP contribution in [-0.2, 0) is 6.67 Å². The van der Waals surface area contributed by atoms with Crippen LogP contribution < -0.4 is 0 Å². The average Bonchev–Trinajstić information content (AvgIpc) is 2.05. The van der Waals surface area contributed by atoms with E-state index in [4.69, 9.17) is 0 Å². The summed E-state index contributed by atoms with van der Waals surface area (Å²) >= 11 is 0. The van der Waals surface area contributed by atoms with Crippen LogP contribution >= 0.6 is 0 Å². The summed E-state index contributed by atoms with van der Waals surface area (Å²) in [5, 5.41) is 0.500. The first kappa shape index (κ1) is 11.0. The predicted molar refractivity (Wildman–Crippen MR) is 43.8 cm³/mol. The van der Waals surface area contributed by atoms with Crippen molar-refractivity contribution in [2.45, 2.75) is 6.67 Å². The second-order valence-corrected chi connectivity index (χ2v) is 2.24. The van der Waals surface area contributed by atoms with E-state index in [1.165, 1.54) is 14.1 Å². The molecule has 0 saturated carbocycles. The van der Waals surface area contributed by atoms with Gasteiger partial charge < -0.3 is 0 Å². The quantitative estimate of drug-likeness (QED) is 0.605. The molecule has 0 atom stereocenters. The van der Waals surface area contributed by atoms with Crippen molar-refractivity contribution in [3.05, 3.63) is 30.1 Å². The van der Waals surface area contributed by atoms with Gasteiger partial charge in [0, 0.05) is 20.3 Å². The van der Waals surface area contributed by atoms with Crippen molar-refractivity contribution < 1.29 is 8.87 Å². The summed E-state index contributed by atoms with van der Waals surface area (Å²) < 4.78 is 22.5. The molecule has 0 bridgehead atoms. The third-order valence-electron chi connectivity index (χ3n) is 0.863. The van der Waals surface area contributed by atoms with Crippen LogP contribution in [0.5, 0.6) is 0 Å². The molecular weight excluding hydrogens is 162 g/mol. The highest BCUT2D eigenvalue weighted by Crippen LogP contribution is 1.93. The lowest BCUT2D eigenvalue weighted by atomic mass is 10.4. The van der Waals surface area contributed by atoms with Crippen LogP contribution in [0.4, 0.5) is 8.87 Å². The monoisotopic (exact) mass is 174 g/mol. The third kappa shape index (κ3) is 7.08. The zero-order chi connectivity index (χ0) is 9.40. The molecule has 1 rings (SSSR count). The van der Waals surface area contributed by atoms with E-state index < -0.39 is 6.67 Å². The molecule has 0 amide bonds. The lowest BCUT2D eigenvalue weighted by Gasteiger charge is -1.86. The Balaban J connectivity index is 0.000000261. The van der Waals surface area contributed by atoms with Gasteiger partial charge >= 0.3 is 0 Å². The molecule has 0 spiro atoms. The van der Waals surface area contributed by atoms with Gasteiger partial charge in [0.25, 0.3) is 0 Å². The summed E-state index contributed by atoms with van der Waals surface area (Å²) in [5.74, 6) is 0. The largest absolute Gasteiger partial charge is 0.259 e. The van der Waals surface area contributed by atoms with Gasteiger partial charge in [0.05, 0.1) is 5.69 Å². The topological polar surface area (TPSA) is 16.1 Å². The zero-order valence-corrected chi connectivity index (χ0v) is 7.17. The third-order valence-corrected chi connectivity index (χ3v) is 0.863. The van der Waals surface area contributed by atoms with Crippen molar-refractivity contribution in [1.82, 2.24) is 10.1 Å². The second-order valence-electron chi connectivity index (χ2n) is 2.24. The number of aromatic nitrogens is 1. The van der Waals surface area contributed by atoms with E-state index in [-0.39, 0.29) is 0 Å². The second kappa shape index (κ2) is 6.67. The molecule has 0 N–H and O–H groups in total. The van der Waals surface area contributed by atoms with E-state index in [0.717, 1.165) is 0 Å². The SMILES string of the molecule is CN(C)F.FCc1ccccn1. The van der Waals surface area contributed by atoms with Crippen molar-refractivity contribution in [1.29, 1.82) is 0 Å². The normalized spacial score (nSPS) is 9.08. The minimum absolute atomic E-state index is 0.471. The first-order chi connectivity index (χ1) is 5.66. The molecule has 68 valence electrons. The van der Waals surface area contributed by atoms with E-state index in [2.05, 4.69) is 4.98 Å². The fourth-order valence-corrected chi connectivity index (χ4v) is 0.477. The van der Waals surface area contributed by atoms with E-state index in [1.807, 2.05) is 0 Å². The molecule has 2 nitrogen and oxygen atoms in total. The minimum atomic E-state index is -0.471. The number of nitrogens with zero attached hydrogens (tertiary/aromatic N) is 2. The fourth-order valence-electron chi connectivity index (χ4n) is 0.477. The first-order valence-electron chi connectivity index (χ1n) is 3.45. The smallest absolute Gasteiger partial charge is 0.131 e. The highest BCUT2D eigenvalue weighted by atomic mass is 19.2. The summed E-state index contributed by atoms with van der Waals surface area (Å²) in [7, 11) is 2.67. The van der Waals surface area contributed by atoms with Crippen LogP contribution in [0.3, 0.4) is 0 Å². The van der Waals surface area contributed by atoms with Crippen LogP contribution in [0.25, 0.3) is 0 Å². The molecule has 12 heavy (non-hydrogen) atoms. The maximum Gasteiger partial charge on any atom is 0.131 e. The van der Waals surface area contributed by atoms with Gasteiger partial charge in [-0.05, 0) is 12.1 Å². The van der Waals surface area contributed by atoms with Gasteiger partial charge in [-0.15, -0.1) is 4.48 Å². The molecule has 1 heterocycles.